The maximum absolute atomic E-state index is 11.8. The molecule has 122 valence electrons. The van der Waals surface area contributed by atoms with Gasteiger partial charge in [-0.1, -0.05) is 0 Å². The van der Waals surface area contributed by atoms with Crippen LogP contribution in [0.1, 0.15) is 18.2 Å². The van der Waals surface area contributed by atoms with Gasteiger partial charge in [-0.05, 0) is 37.3 Å². The fraction of sp³-hybridized carbons (Fsp3) is 0.133. The zero-order valence-electron chi connectivity index (χ0n) is 12.5. The van der Waals surface area contributed by atoms with E-state index in [4.69, 9.17) is 14.4 Å². The second kappa shape index (κ2) is 7.55. The Morgan fingerprint density at radius 3 is 2.71 bits per heavy atom. The lowest BCUT2D eigenvalue weighted by Gasteiger charge is -2.12. The number of rotatable bonds is 6. The molecule has 0 fully saturated rings. The van der Waals surface area contributed by atoms with Crippen LogP contribution in [0.15, 0.2) is 45.9 Å². The number of nitrogens with zero attached hydrogens (tertiary/aromatic N) is 3. The SMILES string of the molecule is C[C@@H](Oc1ccc(C#N)cc1)C(=O)NN=Cc1ccc([N+](=O)[O-])o1. The molecule has 1 amide bonds. The number of amides is 1. The summed E-state index contributed by atoms with van der Waals surface area (Å²) in [5, 5.41) is 22.8. The first-order valence-corrected chi connectivity index (χ1v) is 6.73. The molecule has 2 rings (SSSR count). The van der Waals surface area contributed by atoms with Crippen LogP contribution in [0, 0.1) is 21.4 Å². The first-order chi connectivity index (χ1) is 11.5. The number of nitrogens with one attached hydrogen (secondary N) is 1. The molecule has 0 aliphatic carbocycles. The third-order valence-electron chi connectivity index (χ3n) is 2.82. The van der Waals surface area contributed by atoms with Crippen LogP contribution >= 0.6 is 0 Å². The van der Waals surface area contributed by atoms with E-state index >= 15 is 0 Å². The first kappa shape index (κ1) is 16.7. The summed E-state index contributed by atoms with van der Waals surface area (Å²) < 4.78 is 10.3. The van der Waals surface area contributed by atoms with Crippen molar-refractivity contribution in [2.24, 2.45) is 5.10 Å². The van der Waals surface area contributed by atoms with Crippen LogP contribution in [0.25, 0.3) is 0 Å². The highest BCUT2D eigenvalue weighted by Gasteiger charge is 2.14. The van der Waals surface area contributed by atoms with E-state index in [1.807, 2.05) is 6.07 Å². The van der Waals surface area contributed by atoms with Crippen molar-refractivity contribution in [1.82, 2.24) is 5.43 Å². The van der Waals surface area contributed by atoms with Crippen molar-refractivity contribution < 1.29 is 18.9 Å². The lowest BCUT2D eigenvalue weighted by atomic mass is 10.2. The van der Waals surface area contributed by atoms with Gasteiger partial charge in [-0.3, -0.25) is 14.9 Å². The molecule has 0 saturated heterocycles. The molecule has 1 aromatic heterocycles. The molecule has 0 aliphatic heterocycles. The molecule has 0 saturated carbocycles. The molecule has 9 heteroatoms. The van der Waals surface area contributed by atoms with Gasteiger partial charge in [-0.2, -0.15) is 10.4 Å². The van der Waals surface area contributed by atoms with Gasteiger partial charge >= 0.3 is 5.88 Å². The number of furan rings is 1. The van der Waals surface area contributed by atoms with Gasteiger partial charge in [0, 0.05) is 0 Å². The van der Waals surface area contributed by atoms with Crippen molar-refractivity contribution >= 4 is 18.0 Å². The molecular weight excluding hydrogens is 316 g/mol. The summed E-state index contributed by atoms with van der Waals surface area (Å²) >= 11 is 0. The van der Waals surface area contributed by atoms with Gasteiger partial charge in [0.2, 0.25) is 0 Å². The van der Waals surface area contributed by atoms with Crippen LogP contribution in [0.2, 0.25) is 0 Å². The highest BCUT2D eigenvalue weighted by atomic mass is 16.6. The third-order valence-corrected chi connectivity index (χ3v) is 2.82. The van der Waals surface area contributed by atoms with E-state index in [1.54, 1.807) is 24.3 Å². The highest BCUT2D eigenvalue weighted by Crippen LogP contribution is 2.14. The van der Waals surface area contributed by atoms with E-state index in [0.717, 1.165) is 6.21 Å². The average molecular weight is 328 g/mol. The molecule has 24 heavy (non-hydrogen) atoms. The van der Waals surface area contributed by atoms with Crippen molar-refractivity contribution in [1.29, 1.82) is 5.26 Å². The number of benzene rings is 1. The molecule has 1 atom stereocenters. The van der Waals surface area contributed by atoms with Gasteiger partial charge in [-0.15, -0.1) is 0 Å². The summed E-state index contributed by atoms with van der Waals surface area (Å²) in [4.78, 5) is 21.6. The van der Waals surface area contributed by atoms with Gasteiger partial charge in [0.05, 0.1) is 23.9 Å². The number of nitro groups is 1. The molecule has 1 N–H and O–H groups in total. The van der Waals surface area contributed by atoms with Gasteiger partial charge in [0.15, 0.2) is 11.9 Å². The van der Waals surface area contributed by atoms with Gasteiger partial charge in [0.25, 0.3) is 5.91 Å². The molecule has 2 aromatic rings. The molecule has 1 aromatic carbocycles. The Morgan fingerprint density at radius 2 is 2.12 bits per heavy atom. The predicted molar refractivity (Wildman–Crippen MR) is 82.3 cm³/mol. The maximum atomic E-state index is 11.8. The van der Waals surface area contributed by atoms with E-state index in [-0.39, 0.29) is 5.76 Å². The molecule has 0 spiro atoms. The zero-order chi connectivity index (χ0) is 17.5. The monoisotopic (exact) mass is 328 g/mol. The summed E-state index contributed by atoms with van der Waals surface area (Å²) in [6.45, 7) is 1.53. The van der Waals surface area contributed by atoms with Gasteiger partial charge in [0.1, 0.15) is 10.7 Å². The summed E-state index contributed by atoms with van der Waals surface area (Å²) in [6, 6.07) is 10.8. The van der Waals surface area contributed by atoms with E-state index in [0.29, 0.717) is 11.3 Å². The number of carbonyl (C=O) groups excluding carboxylic acids is 1. The summed E-state index contributed by atoms with van der Waals surface area (Å²) in [5.41, 5.74) is 2.72. The molecule has 0 unspecified atom stereocenters. The topological polar surface area (TPSA) is 131 Å². The summed E-state index contributed by atoms with van der Waals surface area (Å²) in [5.74, 6) is -0.373. The van der Waals surface area contributed by atoms with Gasteiger partial charge in [-0.25, -0.2) is 5.43 Å². The lowest BCUT2D eigenvalue weighted by molar-refractivity contribution is -0.402. The Kier molecular flexibility index (Phi) is 5.25. The summed E-state index contributed by atoms with van der Waals surface area (Å²) in [6.07, 6.45) is 0.306. The fourth-order valence-electron chi connectivity index (χ4n) is 1.63. The number of nitriles is 1. The average Bonchev–Trinajstić information content (AvgIpc) is 3.04. The zero-order valence-corrected chi connectivity index (χ0v) is 12.5. The standard InChI is InChI=1S/C15H12N4O5/c1-10(23-12-4-2-11(8-16)3-5-12)15(20)18-17-9-13-6-7-14(24-13)19(21)22/h2-7,9-10H,1H3,(H,18,20)/t10-/m1/s1. The minimum atomic E-state index is -0.832. The second-order valence-corrected chi connectivity index (χ2v) is 4.56. The fourth-order valence-corrected chi connectivity index (χ4v) is 1.63. The normalized spacial score (nSPS) is 11.7. The van der Waals surface area contributed by atoms with Crippen molar-refractivity contribution in [2.45, 2.75) is 13.0 Å². The van der Waals surface area contributed by atoms with Crippen LogP contribution in [0.3, 0.4) is 0 Å². The largest absolute Gasteiger partial charge is 0.481 e. The molecule has 9 nitrogen and oxygen atoms in total. The number of hydrazone groups is 1. The number of hydrogen-bond acceptors (Lipinski definition) is 7. The maximum Gasteiger partial charge on any atom is 0.433 e. The van der Waals surface area contributed by atoms with Crippen LogP contribution in [-0.2, 0) is 4.79 Å². The molecule has 0 aliphatic rings. The van der Waals surface area contributed by atoms with Crippen LogP contribution < -0.4 is 10.2 Å². The lowest BCUT2D eigenvalue weighted by Crippen LogP contribution is -2.33. The molecule has 1 heterocycles. The van der Waals surface area contributed by atoms with Crippen molar-refractivity contribution in [2.75, 3.05) is 0 Å². The van der Waals surface area contributed by atoms with Crippen molar-refractivity contribution in [3.8, 4) is 11.8 Å². The quantitative estimate of drug-likeness (QED) is 0.490. The Bertz CT molecular complexity index is 804. The Hall–Kier alpha value is -3.67. The van der Waals surface area contributed by atoms with E-state index in [1.165, 1.54) is 19.1 Å². The van der Waals surface area contributed by atoms with E-state index in [2.05, 4.69) is 10.5 Å². The third kappa shape index (κ3) is 4.41. The van der Waals surface area contributed by atoms with Crippen LogP contribution in [0.4, 0.5) is 5.88 Å². The Morgan fingerprint density at radius 1 is 1.42 bits per heavy atom. The number of hydrogen-bond donors (Lipinski definition) is 1. The van der Waals surface area contributed by atoms with Crippen LogP contribution in [-0.4, -0.2) is 23.1 Å². The van der Waals surface area contributed by atoms with Gasteiger partial charge < -0.3 is 9.15 Å². The Labute approximate surface area is 136 Å². The number of carbonyl (C=O) groups is 1. The minimum Gasteiger partial charge on any atom is -0.481 e. The molecular formula is C15H12N4O5. The van der Waals surface area contributed by atoms with E-state index < -0.39 is 22.8 Å². The smallest absolute Gasteiger partial charge is 0.433 e. The van der Waals surface area contributed by atoms with Crippen molar-refractivity contribution in [3.05, 3.63) is 57.8 Å². The van der Waals surface area contributed by atoms with Crippen LogP contribution in [0.5, 0.6) is 5.75 Å². The highest BCUT2D eigenvalue weighted by molar-refractivity contribution is 5.83. The minimum absolute atomic E-state index is 0.127. The Balaban J connectivity index is 1.87. The predicted octanol–water partition coefficient (Wildman–Crippen LogP) is 1.98. The molecule has 0 radical (unpaired) electrons. The molecule has 0 bridgehead atoms. The second-order valence-electron chi connectivity index (χ2n) is 4.56. The van der Waals surface area contributed by atoms with Crippen molar-refractivity contribution in [3.63, 3.8) is 0 Å². The summed E-state index contributed by atoms with van der Waals surface area (Å²) in [7, 11) is 0. The first-order valence-electron chi connectivity index (χ1n) is 6.73. The van der Waals surface area contributed by atoms with E-state index in [9.17, 15) is 14.9 Å². The number of ether oxygens (including phenoxy) is 1.